The number of carbonyl (C=O) groups is 1. The lowest BCUT2D eigenvalue weighted by atomic mass is 9.97. The Balaban J connectivity index is 1.59. The molecule has 0 fully saturated rings. The molecule has 0 radical (unpaired) electrons. The number of nitrogens with zero attached hydrogens (tertiary/aromatic N) is 2. The summed E-state index contributed by atoms with van der Waals surface area (Å²) in [7, 11) is 4.77. The molecule has 3 aromatic rings. The standard InChI is InChI=1S/C26H31N3O4/c1-17-28-21-14-19(26(30)27-13-12-18-8-6-5-7-9-18)10-11-22(21)29(17)20-15-23(31-2)25(33-4)24(16-20)32-3/h8,10-11,14-16H,5-7,9,12-13H2,1-4H3,(H,27,30). The molecule has 7 heteroatoms. The van der Waals surface area contributed by atoms with E-state index >= 15 is 0 Å². The number of aryl methyl sites for hydroxylation is 1. The van der Waals surface area contributed by atoms with E-state index in [4.69, 9.17) is 19.2 Å². The number of amides is 1. The zero-order chi connectivity index (χ0) is 23.4. The largest absolute Gasteiger partial charge is 0.493 e. The van der Waals surface area contributed by atoms with Gasteiger partial charge in [-0.05, 0) is 57.2 Å². The van der Waals surface area contributed by atoms with Crippen LogP contribution in [0.25, 0.3) is 16.7 Å². The van der Waals surface area contributed by atoms with Gasteiger partial charge in [-0.15, -0.1) is 0 Å². The molecular formula is C26H31N3O4. The van der Waals surface area contributed by atoms with Crippen molar-refractivity contribution >= 4 is 16.9 Å². The second kappa shape index (κ2) is 9.98. The second-order valence-corrected chi connectivity index (χ2v) is 8.20. The van der Waals surface area contributed by atoms with Crippen LogP contribution in [0.5, 0.6) is 17.2 Å². The monoisotopic (exact) mass is 449 g/mol. The molecule has 1 aliphatic rings. The minimum atomic E-state index is -0.0756. The molecule has 1 heterocycles. The molecule has 2 aromatic carbocycles. The Hall–Kier alpha value is -3.48. The van der Waals surface area contributed by atoms with Crippen LogP contribution in [0.4, 0.5) is 0 Å². The lowest BCUT2D eigenvalue weighted by Gasteiger charge is -2.15. The van der Waals surface area contributed by atoms with E-state index in [-0.39, 0.29) is 5.91 Å². The highest BCUT2D eigenvalue weighted by atomic mass is 16.5. The molecule has 1 amide bonds. The number of methoxy groups -OCH3 is 3. The first-order valence-electron chi connectivity index (χ1n) is 11.3. The molecule has 0 saturated heterocycles. The lowest BCUT2D eigenvalue weighted by molar-refractivity contribution is 0.0954. The smallest absolute Gasteiger partial charge is 0.251 e. The average Bonchev–Trinajstić information content (AvgIpc) is 3.18. The van der Waals surface area contributed by atoms with Gasteiger partial charge in [-0.25, -0.2) is 4.98 Å². The third-order valence-electron chi connectivity index (χ3n) is 6.11. The van der Waals surface area contributed by atoms with Gasteiger partial charge in [0.15, 0.2) is 11.5 Å². The molecular weight excluding hydrogens is 418 g/mol. The molecule has 0 spiro atoms. The summed E-state index contributed by atoms with van der Waals surface area (Å²) >= 11 is 0. The highest BCUT2D eigenvalue weighted by Crippen LogP contribution is 2.40. The number of carbonyl (C=O) groups excluding carboxylic acids is 1. The van der Waals surface area contributed by atoms with Gasteiger partial charge in [0.05, 0.1) is 38.1 Å². The first-order chi connectivity index (χ1) is 16.0. The lowest BCUT2D eigenvalue weighted by Crippen LogP contribution is -2.24. The molecule has 1 aromatic heterocycles. The Morgan fingerprint density at radius 2 is 1.82 bits per heavy atom. The van der Waals surface area contributed by atoms with Crippen LogP contribution in [-0.4, -0.2) is 43.3 Å². The van der Waals surface area contributed by atoms with E-state index in [1.807, 2.05) is 41.8 Å². The van der Waals surface area contributed by atoms with Crippen molar-refractivity contribution in [1.29, 1.82) is 0 Å². The normalized spacial score (nSPS) is 13.5. The Kier molecular flexibility index (Phi) is 6.87. The Labute approximate surface area is 194 Å². The van der Waals surface area contributed by atoms with Crippen LogP contribution in [0.2, 0.25) is 0 Å². The van der Waals surface area contributed by atoms with E-state index in [0.717, 1.165) is 41.8 Å². The van der Waals surface area contributed by atoms with E-state index in [9.17, 15) is 4.79 Å². The molecule has 7 nitrogen and oxygen atoms in total. The van der Waals surface area contributed by atoms with Gasteiger partial charge in [0, 0.05) is 24.2 Å². The van der Waals surface area contributed by atoms with Gasteiger partial charge in [0.1, 0.15) is 5.82 Å². The Bertz CT molecular complexity index is 1170. The minimum absolute atomic E-state index is 0.0756. The quantitative estimate of drug-likeness (QED) is 0.491. The number of hydrogen-bond acceptors (Lipinski definition) is 5. The molecule has 1 N–H and O–H groups in total. The van der Waals surface area contributed by atoms with Crippen LogP contribution >= 0.6 is 0 Å². The Morgan fingerprint density at radius 1 is 1.06 bits per heavy atom. The zero-order valence-electron chi connectivity index (χ0n) is 19.7. The van der Waals surface area contributed by atoms with E-state index in [1.165, 1.54) is 18.4 Å². The topological polar surface area (TPSA) is 74.6 Å². The highest BCUT2D eigenvalue weighted by Gasteiger charge is 2.18. The number of ether oxygens (including phenoxy) is 3. The van der Waals surface area contributed by atoms with Crippen LogP contribution in [0, 0.1) is 6.92 Å². The maximum absolute atomic E-state index is 12.7. The predicted octanol–water partition coefficient (Wildman–Crippen LogP) is 4.98. The third kappa shape index (κ3) is 4.67. The molecule has 0 saturated carbocycles. The highest BCUT2D eigenvalue weighted by molar-refractivity contribution is 5.97. The van der Waals surface area contributed by atoms with E-state index < -0.39 is 0 Å². The molecule has 4 rings (SSSR count). The van der Waals surface area contributed by atoms with Gasteiger partial charge < -0.3 is 19.5 Å². The number of benzene rings is 2. The summed E-state index contributed by atoms with van der Waals surface area (Å²) < 4.78 is 18.5. The molecule has 174 valence electrons. The number of imidazole rings is 1. The van der Waals surface area contributed by atoms with Crippen molar-refractivity contribution in [2.45, 2.75) is 39.0 Å². The van der Waals surface area contributed by atoms with Crippen molar-refractivity contribution in [2.75, 3.05) is 27.9 Å². The predicted molar refractivity (Wildman–Crippen MR) is 129 cm³/mol. The van der Waals surface area contributed by atoms with Gasteiger partial charge in [-0.2, -0.15) is 0 Å². The third-order valence-corrected chi connectivity index (χ3v) is 6.11. The van der Waals surface area contributed by atoms with Crippen LogP contribution in [0.15, 0.2) is 42.0 Å². The number of aromatic nitrogens is 2. The molecule has 0 unspecified atom stereocenters. The zero-order valence-corrected chi connectivity index (χ0v) is 19.7. The van der Waals surface area contributed by atoms with Crippen molar-refractivity contribution in [3.63, 3.8) is 0 Å². The van der Waals surface area contributed by atoms with Crippen molar-refractivity contribution < 1.29 is 19.0 Å². The van der Waals surface area contributed by atoms with Gasteiger partial charge in [0.2, 0.25) is 5.75 Å². The number of hydrogen-bond donors (Lipinski definition) is 1. The van der Waals surface area contributed by atoms with Crippen molar-refractivity contribution in [3.8, 4) is 22.9 Å². The average molecular weight is 450 g/mol. The molecule has 1 aliphatic carbocycles. The van der Waals surface area contributed by atoms with E-state index in [1.54, 1.807) is 21.3 Å². The van der Waals surface area contributed by atoms with Gasteiger partial charge in [-0.1, -0.05) is 11.6 Å². The first kappa shape index (κ1) is 22.7. The molecule has 0 bridgehead atoms. The van der Waals surface area contributed by atoms with Crippen molar-refractivity contribution in [3.05, 3.63) is 53.4 Å². The molecule has 0 atom stereocenters. The summed E-state index contributed by atoms with van der Waals surface area (Å²) in [4.78, 5) is 17.4. The number of fused-ring (bicyclic) bond motifs is 1. The summed E-state index contributed by atoms with van der Waals surface area (Å²) in [5, 5.41) is 3.05. The van der Waals surface area contributed by atoms with Crippen molar-refractivity contribution in [2.24, 2.45) is 0 Å². The Morgan fingerprint density at radius 3 is 2.45 bits per heavy atom. The van der Waals surface area contributed by atoms with Crippen molar-refractivity contribution in [1.82, 2.24) is 14.9 Å². The van der Waals surface area contributed by atoms with Crippen LogP contribution in [0.3, 0.4) is 0 Å². The summed E-state index contributed by atoms with van der Waals surface area (Å²) in [5.74, 6) is 2.39. The molecule has 0 aliphatic heterocycles. The number of nitrogens with one attached hydrogen (secondary N) is 1. The minimum Gasteiger partial charge on any atom is -0.493 e. The fraction of sp³-hybridized carbons (Fsp3) is 0.385. The maximum atomic E-state index is 12.7. The first-order valence-corrected chi connectivity index (χ1v) is 11.3. The SMILES string of the molecule is COc1cc(-n2c(C)nc3cc(C(=O)NCCC4=CCCCC4)ccc32)cc(OC)c1OC. The van der Waals surface area contributed by atoms with Crippen LogP contribution in [0.1, 0.15) is 48.3 Å². The van der Waals surface area contributed by atoms with Crippen LogP contribution < -0.4 is 19.5 Å². The maximum Gasteiger partial charge on any atom is 0.251 e. The summed E-state index contributed by atoms with van der Waals surface area (Å²) in [6, 6.07) is 9.38. The van der Waals surface area contributed by atoms with Gasteiger partial charge >= 0.3 is 0 Å². The van der Waals surface area contributed by atoms with Gasteiger partial charge in [-0.3, -0.25) is 9.36 Å². The van der Waals surface area contributed by atoms with E-state index in [2.05, 4.69) is 11.4 Å². The summed E-state index contributed by atoms with van der Waals surface area (Å²) in [6.07, 6.45) is 8.08. The second-order valence-electron chi connectivity index (χ2n) is 8.20. The number of allylic oxidation sites excluding steroid dienone is 1. The number of rotatable bonds is 8. The molecule has 33 heavy (non-hydrogen) atoms. The van der Waals surface area contributed by atoms with E-state index in [0.29, 0.717) is 29.4 Å². The fourth-order valence-electron chi connectivity index (χ4n) is 4.43. The summed E-state index contributed by atoms with van der Waals surface area (Å²) in [5.41, 5.74) is 4.54. The van der Waals surface area contributed by atoms with Gasteiger partial charge in [0.25, 0.3) is 5.91 Å². The summed E-state index contributed by atoms with van der Waals surface area (Å²) in [6.45, 7) is 2.59. The fourth-order valence-corrected chi connectivity index (χ4v) is 4.43. The van der Waals surface area contributed by atoms with Crippen LogP contribution in [-0.2, 0) is 0 Å².